The highest BCUT2D eigenvalue weighted by Gasteiger charge is 2.10. The normalized spacial score (nSPS) is 9.79. The monoisotopic (exact) mass is 269 g/mol. The highest BCUT2D eigenvalue weighted by molar-refractivity contribution is 5.84. The zero-order chi connectivity index (χ0) is 14.4. The lowest BCUT2D eigenvalue weighted by Gasteiger charge is -2.11. The Hall–Kier alpha value is -2.51. The molecule has 0 saturated heterocycles. The first-order valence-corrected chi connectivity index (χ1v) is 5.44. The smallest absolute Gasteiger partial charge is 0.371 e. The number of aromatic carboxylic acids is 1. The quantitative estimate of drug-likeness (QED) is 0.689. The zero-order valence-electron chi connectivity index (χ0n) is 10.6. The molecule has 0 atom stereocenters. The number of carboxylic acids is 1. The number of hydrogen-bond donors (Lipinski definition) is 3. The van der Waals surface area contributed by atoms with Gasteiger partial charge in [0.05, 0.1) is 13.1 Å². The summed E-state index contributed by atoms with van der Waals surface area (Å²) in [6, 6.07) is 2.21. The van der Waals surface area contributed by atoms with Crippen molar-refractivity contribution in [1.29, 1.82) is 0 Å². The number of likely N-dealkylation sites (N-methyl/N-ethyl adjacent to an activating group) is 1. The fourth-order valence-electron chi connectivity index (χ4n) is 1.13. The van der Waals surface area contributed by atoms with Crippen molar-refractivity contribution < 1.29 is 23.9 Å². The Kier molecular flexibility index (Phi) is 4.92. The largest absolute Gasteiger partial charge is 0.475 e. The molecule has 0 aliphatic heterocycles. The predicted molar refractivity (Wildman–Crippen MR) is 64.6 cm³/mol. The van der Waals surface area contributed by atoms with E-state index in [1.165, 1.54) is 17.0 Å². The van der Waals surface area contributed by atoms with Gasteiger partial charge < -0.3 is 25.1 Å². The molecule has 3 amide bonds. The minimum Gasteiger partial charge on any atom is -0.475 e. The number of urea groups is 1. The molecule has 0 fully saturated rings. The van der Waals surface area contributed by atoms with E-state index in [4.69, 9.17) is 9.52 Å². The first kappa shape index (κ1) is 14.6. The second kappa shape index (κ2) is 6.43. The lowest BCUT2D eigenvalue weighted by atomic mass is 10.4. The minimum atomic E-state index is -1.17. The van der Waals surface area contributed by atoms with E-state index in [2.05, 4.69) is 10.6 Å². The van der Waals surface area contributed by atoms with E-state index < -0.39 is 12.0 Å². The number of nitrogens with one attached hydrogen (secondary N) is 2. The van der Waals surface area contributed by atoms with Gasteiger partial charge in [0, 0.05) is 14.1 Å². The van der Waals surface area contributed by atoms with Gasteiger partial charge in [-0.05, 0) is 12.1 Å². The number of nitrogens with zero attached hydrogens (tertiary/aromatic N) is 1. The third kappa shape index (κ3) is 4.70. The van der Waals surface area contributed by atoms with Crippen LogP contribution in [-0.2, 0) is 11.3 Å². The van der Waals surface area contributed by atoms with Crippen molar-refractivity contribution in [3.05, 3.63) is 23.7 Å². The molecule has 1 heterocycles. The van der Waals surface area contributed by atoms with Crippen molar-refractivity contribution >= 4 is 17.9 Å². The average molecular weight is 269 g/mol. The maximum Gasteiger partial charge on any atom is 0.371 e. The van der Waals surface area contributed by atoms with Crippen LogP contribution in [0.25, 0.3) is 0 Å². The zero-order valence-corrected chi connectivity index (χ0v) is 10.6. The van der Waals surface area contributed by atoms with Crippen LogP contribution in [-0.4, -0.2) is 48.6 Å². The standard InChI is InChI=1S/C11H15N3O5/c1-14(2)9(15)6-13-11(18)12-5-7-3-4-8(19-7)10(16)17/h3-4H,5-6H2,1-2H3,(H,16,17)(H2,12,13,18). The summed E-state index contributed by atoms with van der Waals surface area (Å²) < 4.78 is 4.94. The van der Waals surface area contributed by atoms with E-state index in [1.54, 1.807) is 14.1 Å². The number of carbonyl (C=O) groups excluding carboxylic acids is 2. The highest BCUT2D eigenvalue weighted by atomic mass is 16.4. The number of rotatable bonds is 5. The summed E-state index contributed by atoms with van der Waals surface area (Å²) in [6.07, 6.45) is 0. The summed E-state index contributed by atoms with van der Waals surface area (Å²) >= 11 is 0. The van der Waals surface area contributed by atoms with Crippen molar-refractivity contribution in [2.45, 2.75) is 6.54 Å². The summed E-state index contributed by atoms with van der Waals surface area (Å²) in [5.74, 6) is -1.29. The number of amides is 3. The van der Waals surface area contributed by atoms with Gasteiger partial charge in [0.2, 0.25) is 11.7 Å². The Labute approximate surface area is 109 Å². The minimum absolute atomic E-state index is 0.0370. The molecule has 8 heteroatoms. The summed E-state index contributed by atoms with van der Waals surface area (Å²) in [5, 5.41) is 13.4. The number of carboxylic acid groups (broad SMARTS) is 1. The Balaban J connectivity index is 2.33. The topological polar surface area (TPSA) is 112 Å². The van der Waals surface area contributed by atoms with Crippen LogP contribution in [0, 0.1) is 0 Å². The first-order valence-electron chi connectivity index (χ1n) is 5.44. The van der Waals surface area contributed by atoms with Gasteiger partial charge in [0.25, 0.3) is 0 Å². The van der Waals surface area contributed by atoms with Crippen molar-refractivity contribution in [2.75, 3.05) is 20.6 Å². The van der Waals surface area contributed by atoms with Gasteiger partial charge in [-0.15, -0.1) is 0 Å². The van der Waals surface area contributed by atoms with Gasteiger partial charge in [-0.1, -0.05) is 0 Å². The maximum absolute atomic E-state index is 11.3. The second-order valence-corrected chi connectivity index (χ2v) is 3.90. The molecule has 0 saturated carbocycles. The first-order chi connectivity index (χ1) is 8.90. The maximum atomic E-state index is 11.3. The molecular weight excluding hydrogens is 254 g/mol. The van der Waals surface area contributed by atoms with Crippen molar-refractivity contribution in [3.8, 4) is 0 Å². The van der Waals surface area contributed by atoms with Crippen LogP contribution >= 0.6 is 0 Å². The summed E-state index contributed by atoms with van der Waals surface area (Å²) in [7, 11) is 3.16. The van der Waals surface area contributed by atoms with Crippen LogP contribution in [0.15, 0.2) is 16.5 Å². The van der Waals surface area contributed by atoms with Gasteiger partial charge in [-0.25, -0.2) is 9.59 Å². The van der Waals surface area contributed by atoms with Gasteiger partial charge >= 0.3 is 12.0 Å². The van der Waals surface area contributed by atoms with E-state index in [0.717, 1.165) is 0 Å². The third-order valence-corrected chi connectivity index (χ3v) is 2.19. The average Bonchev–Trinajstić information content (AvgIpc) is 2.82. The Bertz CT molecular complexity index is 480. The molecule has 1 rings (SSSR count). The molecule has 8 nitrogen and oxygen atoms in total. The second-order valence-electron chi connectivity index (χ2n) is 3.90. The van der Waals surface area contributed by atoms with Crippen molar-refractivity contribution in [3.63, 3.8) is 0 Å². The van der Waals surface area contributed by atoms with Crippen LogP contribution < -0.4 is 10.6 Å². The van der Waals surface area contributed by atoms with Gasteiger partial charge in [0.1, 0.15) is 5.76 Å². The molecule has 0 bridgehead atoms. The molecule has 0 aliphatic carbocycles. The van der Waals surface area contributed by atoms with E-state index in [0.29, 0.717) is 5.76 Å². The lowest BCUT2D eigenvalue weighted by Crippen LogP contribution is -2.41. The van der Waals surface area contributed by atoms with E-state index in [1.807, 2.05) is 0 Å². The van der Waals surface area contributed by atoms with Crippen molar-refractivity contribution in [1.82, 2.24) is 15.5 Å². The molecular formula is C11H15N3O5. The Morgan fingerprint density at radius 2 is 1.95 bits per heavy atom. The van der Waals surface area contributed by atoms with Crippen LogP contribution in [0.4, 0.5) is 4.79 Å². The molecule has 0 unspecified atom stereocenters. The van der Waals surface area contributed by atoms with Crippen LogP contribution in [0.2, 0.25) is 0 Å². The summed E-state index contributed by atoms with van der Waals surface area (Å²) in [4.78, 5) is 34.4. The van der Waals surface area contributed by atoms with Gasteiger partial charge in [0.15, 0.2) is 0 Å². The van der Waals surface area contributed by atoms with Gasteiger partial charge in [-0.3, -0.25) is 4.79 Å². The molecule has 0 aromatic carbocycles. The summed E-state index contributed by atoms with van der Waals surface area (Å²) in [6.45, 7) is -0.0768. The van der Waals surface area contributed by atoms with Crippen molar-refractivity contribution in [2.24, 2.45) is 0 Å². The molecule has 1 aromatic rings. The third-order valence-electron chi connectivity index (χ3n) is 2.19. The van der Waals surface area contributed by atoms with Gasteiger partial charge in [-0.2, -0.15) is 0 Å². The predicted octanol–water partition coefficient (Wildman–Crippen LogP) is -0.135. The fourth-order valence-corrected chi connectivity index (χ4v) is 1.13. The summed E-state index contributed by atoms with van der Waals surface area (Å²) in [5.41, 5.74) is 0. The van der Waals surface area contributed by atoms with E-state index in [-0.39, 0.29) is 24.8 Å². The Morgan fingerprint density at radius 1 is 1.26 bits per heavy atom. The number of furan rings is 1. The fraction of sp³-hybridized carbons (Fsp3) is 0.364. The lowest BCUT2D eigenvalue weighted by molar-refractivity contribution is -0.127. The molecule has 3 N–H and O–H groups in total. The SMILES string of the molecule is CN(C)C(=O)CNC(=O)NCc1ccc(C(=O)O)o1. The molecule has 0 spiro atoms. The number of carbonyl (C=O) groups is 3. The van der Waals surface area contributed by atoms with Crippen LogP contribution in [0.5, 0.6) is 0 Å². The molecule has 0 radical (unpaired) electrons. The van der Waals surface area contributed by atoms with E-state index in [9.17, 15) is 14.4 Å². The molecule has 0 aliphatic rings. The molecule has 104 valence electrons. The van der Waals surface area contributed by atoms with Crippen LogP contribution in [0.3, 0.4) is 0 Å². The Morgan fingerprint density at radius 3 is 2.47 bits per heavy atom. The van der Waals surface area contributed by atoms with Crippen LogP contribution in [0.1, 0.15) is 16.3 Å². The highest BCUT2D eigenvalue weighted by Crippen LogP contribution is 2.07. The molecule has 19 heavy (non-hydrogen) atoms. The number of hydrogen-bond acceptors (Lipinski definition) is 4. The van der Waals surface area contributed by atoms with E-state index >= 15 is 0 Å². The molecule has 1 aromatic heterocycles.